The SMILES string of the molecule is COc1cc(C[C@H]2SC(=O)N(Cc3ccccc3Cl)C2=O)cc(OC)c1OC. The number of amides is 2. The highest BCUT2D eigenvalue weighted by Crippen LogP contribution is 2.40. The van der Waals surface area contributed by atoms with Gasteiger partial charge in [0.05, 0.1) is 33.1 Å². The number of hydrogen-bond acceptors (Lipinski definition) is 6. The molecule has 28 heavy (non-hydrogen) atoms. The topological polar surface area (TPSA) is 65.1 Å². The zero-order valence-electron chi connectivity index (χ0n) is 15.7. The molecule has 1 fully saturated rings. The van der Waals surface area contributed by atoms with E-state index >= 15 is 0 Å². The Kier molecular flexibility index (Phi) is 6.36. The van der Waals surface area contributed by atoms with E-state index in [-0.39, 0.29) is 17.7 Å². The van der Waals surface area contributed by atoms with Crippen LogP contribution in [0.25, 0.3) is 0 Å². The van der Waals surface area contributed by atoms with Crippen molar-refractivity contribution in [3.05, 3.63) is 52.5 Å². The van der Waals surface area contributed by atoms with Crippen LogP contribution in [0.2, 0.25) is 5.02 Å². The van der Waals surface area contributed by atoms with Gasteiger partial charge in [-0.25, -0.2) is 0 Å². The van der Waals surface area contributed by atoms with E-state index in [2.05, 4.69) is 0 Å². The molecule has 1 aliphatic heterocycles. The fourth-order valence-electron chi connectivity index (χ4n) is 3.04. The molecular formula is C20H20ClNO5S. The van der Waals surface area contributed by atoms with Gasteiger partial charge in [-0.15, -0.1) is 0 Å². The minimum Gasteiger partial charge on any atom is -0.493 e. The molecule has 2 aromatic rings. The summed E-state index contributed by atoms with van der Waals surface area (Å²) in [7, 11) is 4.60. The summed E-state index contributed by atoms with van der Waals surface area (Å²) in [5.74, 6) is 1.26. The van der Waals surface area contributed by atoms with Crippen molar-refractivity contribution < 1.29 is 23.8 Å². The van der Waals surface area contributed by atoms with Crippen LogP contribution in [0.15, 0.2) is 36.4 Å². The van der Waals surface area contributed by atoms with Crippen LogP contribution in [0, 0.1) is 0 Å². The Hall–Kier alpha value is -2.38. The van der Waals surface area contributed by atoms with Crippen LogP contribution < -0.4 is 14.2 Å². The Bertz CT molecular complexity index is 879. The summed E-state index contributed by atoms with van der Waals surface area (Å²) in [6.45, 7) is 0.163. The van der Waals surface area contributed by atoms with E-state index in [1.165, 1.54) is 26.2 Å². The lowest BCUT2D eigenvalue weighted by molar-refractivity contribution is -0.127. The first-order valence-corrected chi connectivity index (χ1v) is 9.78. The maximum Gasteiger partial charge on any atom is 0.289 e. The number of thioether (sulfide) groups is 1. The lowest BCUT2D eigenvalue weighted by Crippen LogP contribution is -2.31. The fourth-order valence-corrected chi connectivity index (χ4v) is 4.26. The van der Waals surface area contributed by atoms with E-state index in [0.717, 1.165) is 22.9 Å². The Morgan fingerprint density at radius 1 is 1.04 bits per heavy atom. The number of ether oxygens (including phenoxy) is 3. The van der Waals surface area contributed by atoms with E-state index in [9.17, 15) is 9.59 Å². The molecule has 0 radical (unpaired) electrons. The van der Waals surface area contributed by atoms with E-state index < -0.39 is 5.25 Å². The Balaban J connectivity index is 1.80. The maximum atomic E-state index is 12.8. The molecule has 0 unspecified atom stereocenters. The highest BCUT2D eigenvalue weighted by atomic mass is 35.5. The minimum atomic E-state index is -0.516. The summed E-state index contributed by atoms with van der Waals surface area (Å²) in [6.07, 6.45) is 0.366. The highest BCUT2D eigenvalue weighted by molar-refractivity contribution is 8.15. The zero-order chi connectivity index (χ0) is 20.3. The zero-order valence-corrected chi connectivity index (χ0v) is 17.3. The van der Waals surface area contributed by atoms with Crippen molar-refractivity contribution in [2.24, 2.45) is 0 Å². The van der Waals surface area contributed by atoms with Crippen molar-refractivity contribution >= 4 is 34.5 Å². The van der Waals surface area contributed by atoms with Crippen LogP contribution in [0.1, 0.15) is 11.1 Å². The predicted octanol–water partition coefficient (Wildman–Crippen LogP) is 4.17. The third kappa shape index (κ3) is 4.05. The summed E-state index contributed by atoms with van der Waals surface area (Å²) in [4.78, 5) is 26.5. The molecule has 0 aliphatic carbocycles. The van der Waals surface area contributed by atoms with Gasteiger partial charge in [0.2, 0.25) is 11.7 Å². The molecule has 8 heteroatoms. The smallest absolute Gasteiger partial charge is 0.289 e. The second kappa shape index (κ2) is 8.75. The van der Waals surface area contributed by atoms with Gasteiger partial charge >= 0.3 is 0 Å². The summed E-state index contributed by atoms with van der Waals surface area (Å²) in [5, 5.41) is -0.263. The standard InChI is InChI=1S/C20H20ClNO5S/c1-25-15-8-12(9-16(26-2)18(15)27-3)10-17-19(23)22(20(24)28-17)11-13-6-4-5-7-14(13)21/h4-9,17H,10-11H2,1-3H3/t17-/m1/s1. The van der Waals surface area contributed by atoms with Crippen LogP contribution in [-0.4, -0.2) is 42.6 Å². The molecule has 0 N–H and O–H groups in total. The molecule has 0 aromatic heterocycles. The molecule has 0 saturated carbocycles. The second-order valence-corrected chi connectivity index (χ2v) is 7.69. The Morgan fingerprint density at radius 2 is 1.68 bits per heavy atom. The van der Waals surface area contributed by atoms with Crippen molar-refractivity contribution in [3.63, 3.8) is 0 Å². The van der Waals surface area contributed by atoms with Gasteiger partial charge in [-0.2, -0.15) is 0 Å². The van der Waals surface area contributed by atoms with Gasteiger partial charge in [0.25, 0.3) is 5.24 Å². The molecule has 3 rings (SSSR count). The number of methoxy groups -OCH3 is 3. The highest BCUT2D eigenvalue weighted by Gasteiger charge is 2.39. The lowest BCUT2D eigenvalue weighted by atomic mass is 10.1. The minimum absolute atomic E-state index is 0.163. The molecule has 0 spiro atoms. The summed E-state index contributed by atoms with van der Waals surface area (Å²) < 4.78 is 16.0. The van der Waals surface area contributed by atoms with E-state index in [1.807, 2.05) is 12.1 Å². The first-order chi connectivity index (χ1) is 13.5. The molecule has 2 amide bonds. The molecule has 1 saturated heterocycles. The fraction of sp³-hybridized carbons (Fsp3) is 0.300. The normalized spacial score (nSPS) is 16.4. The quantitative estimate of drug-likeness (QED) is 0.668. The van der Waals surface area contributed by atoms with Crippen molar-refractivity contribution in [2.75, 3.05) is 21.3 Å². The average molecular weight is 422 g/mol. The molecule has 1 aliphatic rings. The predicted molar refractivity (Wildman–Crippen MR) is 109 cm³/mol. The number of nitrogens with zero attached hydrogens (tertiary/aromatic N) is 1. The van der Waals surface area contributed by atoms with Crippen LogP contribution in [0.5, 0.6) is 17.2 Å². The van der Waals surface area contributed by atoms with E-state index in [0.29, 0.717) is 28.7 Å². The largest absolute Gasteiger partial charge is 0.493 e. The number of imide groups is 1. The molecule has 2 aromatic carbocycles. The third-order valence-electron chi connectivity index (χ3n) is 4.44. The molecule has 0 bridgehead atoms. The van der Waals surface area contributed by atoms with Gasteiger partial charge in [-0.1, -0.05) is 41.6 Å². The Morgan fingerprint density at radius 3 is 2.25 bits per heavy atom. The maximum absolute atomic E-state index is 12.8. The number of carbonyl (C=O) groups excluding carboxylic acids is 2. The van der Waals surface area contributed by atoms with Crippen LogP contribution in [-0.2, 0) is 17.8 Å². The van der Waals surface area contributed by atoms with Gasteiger partial charge < -0.3 is 14.2 Å². The van der Waals surface area contributed by atoms with Gasteiger partial charge in [0, 0.05) is 5.02 Å². The number of benzene rings is 2. The van der Waals surface area contributed by atoms with E-state index in [1.54, 1.807) is 24.3 Å². The summed E-state index contributed by atoms with van der Waals surface area (Å²) >= 11 is 7.18. The van der Waals surface area contributed by atoms with Crippen molar-refractivity contribution in [3.8, 4) is 17.2 Å². The molecule has 148 valence electrons. The van der Waals surface area contributed by atoms with Gasteiger partial charge in [0.1, 0.15) is 0 Å². The van der Waals surface area contributed by atoms with Gasteiger partial charge in [-0.05, 0) is 35.7 Å². The molecular weight excluding hydrogens is 402 g/mol. The average Bonchev–Trinajstić information content (AvgIpc) is 2.96. The van der Waals surface area contributed by atoms with Gasteiger partial charge in [0.15, 0.2) is 11.5 Å². The van der Waals surface area contributed by atoms with Gasteiger partial charge in [-0.3, -0.25) is 14.5 Å². The van der Waals surface area contributed by atoms with Crippen molar-refractivity contribution in [1.29, 1.82) is 0 Å². The van der Waals surface area contributed by atoms with E-state index in [4.69, 9.17) is 25.8 Å². The number of hydrogen-bond donors (Lipinski definition) is 0. The summed E-state index contributed by atoms with van der Waals surface area (Å²) in [6, 6.07) is 10.8. The van der Waals surface area contributed by atoms with Crippen LogP contribution in [0.4, 0.5) is 4.79 Å². The first-order valence-electron chi connectivity index (χ1n) is 8.52. The van der Waals surface area contributed by atoms with Crippen LogP contribution in [0.3, 0.4) is 0 Å². The molecule has 1 atom stereocenters. The Labute approximate surface area is 172 Å². The lowest BCUT2D eigenvalue weighted by Gasteiger charge is -2.16. The number of carbonyl (C=O) groups is 2. The third-order valence-corrected chi connectivity index (χ3v) is 5.88. The number of halogens is 1. The molecule has 6 nitrogen and oxygen atoms in total. The first kappa shape index (κ1) is 20.4. The molecule has 1 heterocycles. The van der Waals surface area contributed by atoms with Crippen molar-refractivity contribution in [1.82, 2.24) is 4.90 Å². The van der Waals surface area contributed by atoms with Crippen molar-refractivity contribution in [2.45, 2.75) is 18.2 Å². The second-order valence-electron chi connectivity index (χ2n) is 6.13. The monoisotopic (exact) mass is 421 g/mol. The number of rotatable bonds is 7. The summed E-state index contributed by atoms with van der Waals surface area (Å²) in [5.41, 5.74) is 1.55. The van der Waals surface area contributed by atoms with Crippen LogP contribution >= 0.6 is 23.4 Å².